The molecule has 2 heteroatoms. The molecule has 2 aromatic rings. The molecule has 1 heterocycles. The molecule has 0 radical (unpaired) electrons. The SMILES string of the molecule is C=Cc1ccc2c(c1)C(C)(C)c1cc(N3C=CN(C)C3)ccc1-2. The lowest BCUT2D eigenvalue weighted by Gasteiger charge is -2.24. The number of benzene rings is 2. The van der Waals surface area contributed by atoms with Gasteiger partial charge in [-0.05, 0) is 39.9 Å². The predicted octanol–water partition coefficient (Wildman–Crippen LogP) is 4.82. The summed E-state index contributed by atoms with van der Waals surface area (Å²) in [4.78, 5) is 4.47. The zero-order chi connectivity index (χ0) is 16.2. The molecule has 23 heavy (non-hydrogen) atoms. The molecule has 4 rings (SSSR count). The van der Waals surface area contributed by atoms with Crippen molar-refractivity contribution in [2.45, 2.75) is 19.3 Å². The first-order valence-electron chi connectivity index (χ1n) is 8.08. The van der Waals surface area contributed by atoms with Gasteiger partial charge in [-0.15, -0.1) is 0 Å². The second-order valence-corrected chi connectivity index (χ2v) is 7.03. The lowest BCUT2D eigenvalue weighted by Crippen LogP contribution is -2.22. The van der Waals surface area contributed by atoms with Crippen molar-refractivity contribution >= 4 is 11.8 Å². The van der Waals surface area contributed by atoms with Crippen LogP contribution in [0.3, 0.4) is 0 Å². The minimum absolute atomic E-state index is 0.0229. The zero-order valence-corrected chi connectivity index (χ0v) is 14.0. The monoisotopic (exact) mass is 302 g/mol. The topological polar surface area (TPSA) is 6.48 Å². The summed E-state index contributed by atoms with van der Waals surface area (Å²) in [5.74, 6) is 0. The molecule has 2 aromatic carbocycles. The molecular weight excluding hydrogens is 280 g/mol. The van der Waals surface area contributed by atoms with Gasteiger partial charge >= 0.3 is 0 Å². The van der Waals surface area contributed by atoms with E-state index in [0.29, 0.717) is 0 Å². The number of fused-ring (bicyclic) bond motifs is 3. The molecular formula is C21H22N2. The van der Waals surface area contributed by atoms with Crippen LogP contribution in [0.4, 0.5) is 5.69 Å². The zero-order valence-electron chi connectivity index (χ0n) is 14.0. The van der Waals surface area contributed by atoms with Gasteiger partial charge in [0.2, 0.25) is 0 Å². The molecule has 2 nitrogen and oxygen atoms in total. The van der Waals surface area contributed by atoms with Crippen LogP contribution < -0.4 is 4.90 Å². The van der Waals surface area contributed by atoms with E-state index in [0.717, 1.165) is 6.67 Å². The van der Waals surface area contributed by atoms with Crippen LogP contribution in [0.2, 0.25) is 0 Å². The Morgan fingerprint density at radius 3 is 2.35 bits per heavy atom. The summed E-state index contributed by atoms with van der Waals surface area (Å²) in [6.45, 7) is 9.46. The number of nitrogens with zero attached hydrogens (tertiary/aromatic N) is 2. The number of hydrogen-bond acceptors (Lipinski definition) is 2. The molecule has 0 atom stereocenters. The largest absolute Gasteiger partial charge is 0.361 e. The lowest BCUT2D eigenvalue weighted by atomic mass is 9.82. The molecule has 116 valence electrons. The quantitative estimate of drug-likeness (QED) is 0.785. The molecule has 0 N–H and O–H groups in total. The Bertz CT molecular complexity index is 830. The Hall–Kier alpha value is -2.48. The first-order valence-corrected chi connectivity index (χ1v) is 8.08. The molecule has 0 saturated heterocycles. The van der Waals surface area contributed by atoms with E-state index < -0.39 is 0 Å². The maximum absolute atomic E-state index is 3.91. The van der Waals surface area contributed by atoms with Crippen LogP contribution in [0.15, 0.2) is 55.4 Å². The summed E-state index contributed by atoms with van der Waals surface area (Å²) < 4.78 is 0. The van der Waals surface area contributed by atoms with E-state index in [2.05, 4.69) is 86.1 Å². The second-order valence-electron chi connectivity index (χ2n) is 7.03. The van der Waals surface area contributed by atoms with Crippen molar-refractivity contribution in [1.82, 2.24) is 4.90 Å². The van der Waals surface area contributed by atoms with Gasteiger partial charge in [0, 0.05) is 30.5 Å². The van der Waals surface area contributed by atoms with Gasteiger partial charge in [0.15, 0.2) is 0 Å². The van der Waals surface area contributed by atoms with Crippen LogP contribution in [0.25, 0.3) is 17.2 Å². The van der Waals surface area contributed by atoms with Crippen LogP contribution in [0.1, 0.15) is 30.5 Å². The second kappa shape index (κ2) is 4.76. The number of rotatable bonds is 2. The van der Waals surface area contributed by atoms with E-state index >= 15 is 0 Å². The van der Waals surface area contributed by atoms with Gasteiger partial charge in [-0.2, -0.15) is 0 Å². The van der Waals surface area contributed by atoms with Crippen molar-refractivity contribution in [3.05, 3.63) is 72.1 Å². The summed E-state index contributed by atoms with van der Waals surface area (Å²) in [6, 6.07) is 13.5. The summed E-state index contributed by atoms with van der Waals surface area (Å²) in [6.07, 6.45) is 6.19. The van der Waals surface area contributed by atoms with E-state index in [1.807, 2.05) is 6.08 Å². The van der Waals surface area contributed by atoms with E-state index in [1.54, 1.807) is 0 Å². The third-order valence-corrected chi connectivity index (χ3v) is 5.13. The average Bonchev–Trinajstić information content (AvgIpc) is 3.08. The van der Waals surface area contributed by atoms with Crippen LogP contribution in [-0.4, -0.2) is 18.6 Å². The Kier molecular flexibility index (Phi) is 2.92. The van der Waals surface area contributed by atoms with E-state index in [-0.39, 0.29) is 5.41 Å². The van der Waals surface area contributed by atoms with Crippen LogP contribution in [-0.2, 0) is 5.41 Å². The summed E-state index contributed by atoms with van der Waals surface area (Å²) in [7, 11) is 2.10. The molecule has 1 aliphatic carbocycles. The Labute approximate surface area is 138 Å². The number of hydrogen-bond donors (Lipinski definition) is 0. The highest BCUT2D eigenvalue weighted by atomic mass is 15.3. The third kappa shape index (κ3) is 2.02. The fourth-order valence-electron chi connectivity index (χ4n) is 3.75. The van der Waals surface area contributed by atoms with Gasteiger partial charge in [-0.3, -0.25) is 0 Å². The summed E-state index contributed by atoms with van der Waals surface area (Å²) in [5, 5.41) is 0. The lowest BCUT2D eigenvalue weighted by molar-refractivity contribution is 0.495. The van der Waals surface area contributed by atoms with Gasteiger partial charge in [-0.1, -0.05) is 50.8 Å². The van der Waals surface area contributed by atoms with Crippen molar-refractivity contribution in [3.8, 4) is 11.1 Å². The smallest absolute Gasteiger partial charge is 0.0938 e. The average molecular weight is 302 g/mol. The van der Waals surface area contributed by atoms with Gasteiger partial charge in [0.05, 0.1) is 6.67 Å². The Morgan fingerprint density at radius 1 is 1.00 bits per heavy atom. The van der Waals surface area contributed by atoms with Gasteiger partial charge < -0.3 is 9.80 Å². The maximum Gasteiger partial charge on any atom is 0.0938 e. The molecule has 0 spiro atoms. The van der Waals surface area contributed by atoms with E-state index in [1.165, 1.54) is 33.5 Å². The fraction of sp³-hybridized carbons (Fsp3) is 0.238. The van der Waals surface area contributed by atoms with Crippen molar-refractivity contribution in [2.75, 3.05) is 18.6 Å². The Balaban J connectivity index is 1.84. The van der Waals surface area contributed by atoms with E-state index in [9.17, 15) is 0 Å². The highest BCUT2D eigenvalue weighted by molar-refractivity contribution is 5.83. The van der Waals surface area contributed by atoms with Crippen LogP contribution in [0.5, 0.6) is 0 Å². The summed E-state index contributed by atoms with van der Waals surface area (Å²) >= 11 is 0. The third-order valence-electron chi connectivity index (χ3n) is 5.13. The van der Waals surface area contributed by atoms with Crippen molar-refractivity contribution in [1.29, 1.82) is 0 Å². The molecule has 0 aromatic heterocycles. The molecule has 0 bridgehead atoms. The highest BCUT2D eigenvalue weighted by Crippen LogP contribution is 2.50. The first kappa shape index (κ1) is 14.1. The Morgan fingerprint density at radius 2 is 1.70 bits per heavy atom. The molecule has 1 aliphatic heterocycles. The van der Waals surface area contributed by atoms with Crippen molar-refractivity contribution in [2.24, 2.45) is 0 Å². The molecule has 2 aliphatic rings. The molecule has 0 fully saturated rings. The summed E-state index contributed by atoms with van der Waals surface area (Å²) in [5.41, 5.74) is 8.00. The molecule has 0 saturated carbocycles. The van der Waals surface area contributed by atoms with Gasteiger partial charge in [-0.25, -0.2) is 0 Å². The minimum Gasteiger partial charge on any atom is -0.361 e. The highest BCUT2D eigenvalue weighted by Gasteiger charge is 2.35. The minimum atomic E-state index is 0.0229. The first-order chi connectivity index (χ1) is 11.0. The number of anilines is 1. The van der Waals surface area contributed by atoms with Crippen LogP contribution >= 0.6 is 0 Å². The van der Waals surface area contributed by atoms with Crippen molar-refractivity contribution < 1.29 is 0 Å². The van der Waals surface area contributed by atoms with E-state index in [4.69, 9.17) is 0 Å². The fourth-order valence-corrected chi connectivity index (χ4v) is 3.75. The standard InChI is InChI=1S/C21H22N2/c1-5-15-6-8-17-18-9-7-16(23-11-10-22(4)14-23)13-20(18)21(2,3)19(17)12-15/h5-13H,1,14H2,2-4H3. The normalized spacial score (nSPS) is 17.3. The van der Waals surface area contributed by atoms with Gasteiger partial charge in [0.1, 0.15) is 0 Å². The maximum atomic E-state index is 3.91. The van der Waals surface area contributed by atoms with Crippen LogP contribution in [0, 0.1) is 0 Å². The predicted molar refractivity (Wildman–Crippen MR) is 98.3 cm³/mol. The van der Waals surface area contributed by atoms with Gasteiger partial charge in [0.25, 0.3) is 0 Å². The van der Waals surface area contributed by atoms with Crippen molar-refractivity contribution in [3.63, 3.8) is 0 Å². The molecule has 0 amide bonds. The molecule has 0 unspecified atom stereocenters.